The lowest BCUT2D eigenvalue weighted by atomic mass is 10.2. The number of carbonyl (C=O) groups is 1. The average Bonchev–Trinajstić information content (AvgIpc) is 3.19. The maximum atomic E-state index is 13.6. The second kappa shape index (κ2) is 11.2. The summed E-state index contributed by atoms with van der Waals surface area (Å²) in [5, 5.41) is 4.64. The largest absolute Gasteiger partial charge is 0.493 e. The lowest BCUT2D eigenvalue weighted by Gasteiger charge is -2.34. The van der Waals surface area contributed by atoms with Crippen LogP contribution in [0.15, 0.2) is 27.9 Å². The van der Waals surface area contributed by atoms with Crippen molar-refractivity contribution in [3.05, 3.63) is 40.1 Å². The van der Waals surface area contributed by atoms with Gasteiger partial charge in [0.1, 0.15) is 11.6 Å². The highest BCUT2D eigenvalue weighted by Crippen LogP contribution is 2.31. The molecule has 1 fully saturated rings. The minimum Gasteiger partial charge on any atom is -0.493 e. The molecule has 0 aliphatic carbocycles. The van der Waals surface area contributed by atoms with Gasteiger partial charge >= 0.3 is 0 Å². The predicted octanol–water partition coefficient (Wildman–Crippen LogP) is 1.14. The van der Waals surface area contributed by atoms with Crippen molar-refractivity contribution in [1.82, 2.24) is 33.7 Å². The summed E-state index contributed by atoms with van der Waals surface area (Å²) in [5.74, 6) is 1.23. The van der Waals surface area contributed by atoms with Crippen LogP contribution in [-0.4, -0.2) is 101 Å². The van der Waals surface area contributed by atoms with E-state index in [4.69, 9.17) is 4.74 Å². The van der Waals surface area contributed by atoms with Crippen molar-refractivity contribution in [2.24, 2.45) is 0 Å². The smallest absolute Gasteiger partial charge is 0.277 e. The van der Waals surface area contributed by atoms with Crippen molar-refractivity contribution in [3.8, 4) is 17.1 Å². The molecule has 0 radical (unpaired) electrons. The number of sulfonamides is 1. The second-order valence-electron chi connectivity index (χ2n) is 9.54. The third-order valence-electron chi connectivity index (χ3n) is 6.40. The van der Waals surface area contributed by atoms with Crippen LogP contribution in [0.5, 0.6) is 5.75 Å². The van der Waals surface area contributed by atoms with Crippen molar-refractivity contribution in [2.45, 2.75) is 38.5 Å². The SMILES string of the molecule is CCCc1nc(C)c2c(=O)[nH]c(-c3cc(S(=O)(=O)N4CCN(C(=O)CN(C)C)CC4)ccc3OCC)nn12. The van der Waals surface area contributed by atoms with Gasteiger partial charge in [0, 0.05) is 32.6 Å². The van der Waals surface area contributed by atoms with Crippen LogP contribution in [0.1, 0.15) is 31.8 Å². The summed E-state index contributed by atoms with van der Waals surface area (Å²) in [6, 6.07) is 4.56. The van der Waals surface area contributed by atoms with Gasteiger partial charge in [0.2, 0.25) is 15.9 Å². The van der Waals surface area contributed by atoms with Gasteiger partial charge < -0.3 is 19.5 Å². The number of aromatic nitrogens is 4. The van der Waals surface area contributed by atoms with Crippen LogP contribution in [0, 0.1) is 6.92 Å². The topological polar surface area (TPSA) is 133 Å². The molecule has 0 atom stereocenters. The Kier molecular flexibility index (Phi) is 8.19. The Balaban J connectivity index is 1.70. The molecule has 0 unspecified atom stereocenters. The molecule has 0 bridgehead atoms. The summed E-state index contributed by atoms with van der Waals surface area (Å²) in [6.07, 6.45) is 1.47. The number of benzene rings is 1. The Bertz CT molecular complexity index is 1490. The van der Waals surface area contributed by atoms with Crippen molar-refractivity contribution >= 4 is 21.4 Å². The molecule has 0 spiro atoms. The number of amides is 1. The summed E-state index contributed by atoms with van der Waals surface area (Å²) in [7, 11) is -0.231. The molecule has 2 aromatic heterocycles. The van der Waals surface area contributed by atoms with E-state index in [1.165, 1.54) is 21.0 Å². The molecular formula is C25H35N7O5S. The van der Waals surface area contributed by atoms with Crippen molar-refractivity contribution in [1.29, 1.82) is 0 Å². The first-order chi connectivity index (χ1) is 18.1. The van der Waals surface area contributed by atoms with Gasteiger partial charge in [0.05, 0.1) is 29.3 Å². The first kappa shape index (κ1) is 27.7. The van der Waals surface area contributed by atoms with E-state index in [0.717, 1.165) is 6.42 Å². The quantitative estimate of drug-likeness (QED) is 0.423. The predicted molar refractivity (Wildman–Crippen MR) is 143 cm³/mol. The van der Waals surface area contributed by atoms with E-state index in [0.29, 0.717) is 54.5 Å². The molecule has 1 saturated heterocycles. The Labute approximate surface area is 222 Å². The Morgan fingerprint density at radius 3 is 2.50 bits per heavy atom. The minimum absolute atomic E-state index is 0.0296. The van der Waals surface area contributed by atoms with Gasteiger partial charge in [-0.05, 0) is 52.6 Å². The Hall–Kier alpha value is -3.29. The minimum atomic E-state index is -3.87. The normalized spacial score (nSPS) is 14.9. The van der Waals surface area contributed by atoms with Gasteiger partial charge in [-0.15, -0.1) is 5.10 Å². The Morgan fingerprint density at radius 1 is 1.16 bits per heavy atom. The number of ether oxygens (including phenoxy) is 1. The van der Waals surface area contributed by atoms with Crippen LogP contribution in [0.2, 0.25) is 0 Å². The maximum Gasteiger partial charge on any atom is 0.277 e. The third kappa shape index (κ3) is 5.45. The van der Waals surface area contributed by atoms with Gasteiger partial charge in [-0.2, -0.15) is 4.31 Å². The van der Waals surface area contributed by atoms with E-state index in [1.807, 2.05) is 27.9 Å². The van der Waals surface area contributed by atoms with Crippen molar-refractivity contribution < 1.29 is 17.9 Å². The van der Waals surface area contributed by atoms with Gasteiger partial charge in [-0.3, -0.25) is 9.59 Å². The van der Waals surface area contributed by atoms with Crippen molar-refractivity contribution in [3.63, 3.8) is 0 Å². The van der Waals surface area contributed by atoms with Crippen molar-refractivity contribution in [2.75, 3.05) is 53.4 Å². The van der Waals surface area contributed by atoms with E-state index in [-0.39, 0.29) is 41.8 Å². The molecule has 1 aliphatic rings. The molecule has 1 N–H and O–H groups in total. The molecule has 0 saturated carbocycles. The van der Waals surface area contributed by atoms with E-state index < -0.39 is 10.0 Å². The highest BCUT2D eigenvalue weighted by molar-refractivity contribution is 7.89. The van der Waals surface area contributed by atoms with E-state index in [1.54, 1.807) is 22.8 Å². The molecule has 206 valence electrons. The summed E-state index contributed by atoms with van der Waals surface area (Å²) in [6.45, 7) is 7.26. The van der Waals surface area contributed by atoms with Gasteiger partial charge in [0.15, 0.2) is 11.3 Å². The fourth-order valence-electron chi connectivity index (χ4n) is 4.58. The number of nitrogens with zero attached hydrogens (tertiary/aromatic N) is 6. The van der Waals surface area contributed by atoms with Gasteiger partial charge in [0.25, 0.3) is 5.56 Å². The number of likely N-dealkylation sites (N-methyl/N-ethyl adjacent to an activating group) is 1. The molecule has 3 aromatic rings. The molecule has 3 heterocycles. The summed E-state index contributed by atoms with van der Waals surface area (Å²) in [4.78, 5) is 36.2. The van der Waals surface area contributed by atoms with Crippen LogP contribution < -0.4 is 10.3 Å². The molecule has 38 heavy (non-hydrogen) atoms. The molecule has 1 amide bonds. The van der Waals surface area contributed by atoms with Crippen LogP contribution in [-0.2, 0) is 21.2 Å². The van der Waals surface area contributed by atoms with Crippen LogP contribution in [0.4, 0.5) is 0 Å². The standard InChI is InChI=1S/C25H35N7O5S/c1-6-8-21-26-17(3)23-25(34)27-24(28-32(21)23)19-15-18(9-10-20(19)37-7-2)38(35,36)31-13-11-30(12-14-31)22(33)16-29(4)5/h9-10,15H,6-8,11-14,16H2,1-5H3,(H,27,28,34). The second-order valence-corrected chi connectivity index (χ2v) is 11.5. The number of aryl methyl sites for hydroxylation is 2. The highest BCUT2D eigenvalue weighted by Gasteiger charge is 2.31. The molecule has 13 heteroatoms. The number of fused-ring (bicyclic) bond motifs is 1. The number of rotatable bonds is 9. The molecule has 1 aromatic carbocycles. The Morgan fingerprint density at radius 2 is 1.87 bits per heavy atom. The van der Waals surface area contributed by atoms with Gasteiger partial charge in [-0.25, -0.2) is 17.9 Å². The van der Waals surface area contributed by atoms with Gasteiger partial charge in [-0.1, -0.05) is 6.92 Å². The maximum absolute atomic E-state index is 13.6. The molecule has 1 aliphatic heterocycles. The lowest BCUT2D eigenvalue weighted by Crippen LogP contribution is -2.52. The van der Waals surface area contributed by atoms with E-state index in [2.05, 4.69) is 15.1 Å². The highest BCUT2D eigenvalue weighted by atomic mass is 32.2. The number of aromatic amines is 1. The number of imidazole rings is 1. The molecule has 12 nitrogen and oxygen atoms in total. The third-order valence-corrected chi connectivity index (χ3v) is 8.30. The number of nitrogens with one attached hydrogen (secondary N) is 1. The van der Waals surface area contributed by atoms with E-state index >= 15 is 0 Å². The summed E-state index contributed by atoms with van der Waals surface area (Å²) < 4.78 is 35.8. The zero-order valence-corrected chi connectivity index (χ0v) is 23.3. The number of hydrogen-bond acceptors (Lipinski definition) is 8. The van der Waals surface area contributed by atoms with Crippen LogP contribution in [0.3, 0.4) is 0 Å². The number of carbonyl (C=O) groups excluding carboxylic acids is 1. The fraction of sp³-hybridized carbons (Fsp3) is 0.520. The summed E-state index contributed by atoms with van der Waals surface area (Å²) >= 11 is 0. The zero-order chi connectivity index (χ0) is 27.6. The van der Waals surface area contributed by atoms with E-state index in [9.17, 15) is 18.0 Å². The molecule has 4 rings (SSSR count). The first-order valence-electron chi connectivity index (χ1n) is 12.7. The number of H-pyrrole nitrogens is 1. The van der Waals surface area contributed by atoms with Crippen LogP contribution in [0.25, 0.3) is 16.9 Å². The number of piperazine rings is 1. The molecular weight excluding hydrogens is 510 g/mol. The lowest BCUT2D eigenvalue weighted by molar-refractivity contribution is -0.133. The average molecular weight is 546 g/mol. The monoisotopic (exact) mass is 545 g/mol. The first-order valence-corrected chi connectivity index (χ1v) is 14.2. The fourth-order valence-corrected chi connectivity index (χ4v) is 6.03. The number of hydrogen-bond donors (Lipinski definition) is 1. The summed E-state index contributed by atoms with van der Waals surface area (Å²) in [5.41, 5.74) is 0.941. The zero-order valence-electron chi connectivity index (χ0n) is 22.5. The van der Waals surface area contributed by atoms with Crippen LogP contribution >= 0.6 is 0 Å².